The van der Waals surface area contributed by atoms with Gasteiger partial charge in [-0.3, -0.25) is 4.79 Å². The van der Waals surface area contributed by atoms with Gasteiger partial charge in [-0.05, 0) is 25.0 Å². The van der Waals surface area contributed by atoms with E-state index in [-0.39, 0.29) is 18.0 Å². The Bertz CT molecular complexity index is 505. The van der Waals surface area contributed by atoms with Gasteiger partial charge in [0.05, 0.1) is 11.8 Å². The van der Waals surface area contributed by atoms with Crippen molar-refractivity contribution in [2.24, 2.45) is 5.73 Å². The fourth-order valence-electron chi connectivity index (χ4n) is 1.51. The molecule has 4 nitrogen and oxygen atoms in total. The van der Waals surface area contributed by atoms with E-state index in [1.54, 1.807) is 11.3 Å². The molecule has 0 amide bonds. The minimum atomic E-state index is -3.06. The monoisotopic (exact) mass is 289 g/mol. The molecule has 1 unspecified atom stereocenters. The van der Waals surface area contributed by atoms with Crippen LogP contribution in [0.4, 0.5) is 0 Å². The number of carbonyl (C=O) groups is 1. The molecule has 1 aromatic heterocycles. The molecular formula is C12H19NO3S2. The number of hydrogen-bond acceptors (Lipinski definition) is 5. The number of ketones is 1. The van der Waals surface area contributed by atoms with Gasteiger partial charge in [0.15, 0.2) is 5.78 Å². The predicted octanol–water partition coefficient (Wildman–Crippen LogP) is 1.18. The number of nitrogens with two attached hydrogens (primary N) is 1. The summed E-state index contributed by atoms with van der Waals surface area (Å²) < 4.78 is 22.0. The summed E-state index contributed by atoms with van der Waals surface area (Å²) in [6.45, 7) is 2.06. The average molecular weight is 289 g/mol. The van der Waals surface area contributed by atoms with E-state index < -0.39 is 15.9 Å². The van der Waals surface area contributed by atoms with Crippen molar-refractivity contribution in [3.8, 4) is 0 Å². The molecule has 1 aromatic rings. The summed E-state index contributed by atoms with van der Waals surface area (Å²) in [5, 5.41) is 0. The second kappa shape index (κ2) is 6.45. The molecule has 0 fully saturated rings. The zero-order valence-corrected chi connectivity index (χ0v) is 12.3. The van der Waals surface area contributed by atoms with Gasteiger partial charge >= 0.3 is 0 Å². The van der Waals surface area contributed by atoms with Crippen LogP contribution in [-0.2, 0) is 27.5 Å². The summed E-state index contributed by atoms with van der Waals surface area (Å²) in [5.41, 5.74) is 5.70. The third-order valence-electron chi connectivity index (χ3n) is 2.63. The van der Waals surface area contributed by atoms with Crippen LogP contribution in [0.15, 0.2) is 12.1 Å². The Morgan fingerprint density at radius 1 is 1.39 bits per heavy atom. The van der Waals surface area contributed by atoms with Crippen LogP contribution in [0.1, 0.15) is 23.1 Å². The minimum absolute atomic E-state index is 0.0371. The Morgan fingerprint density at radius 2 is 2.00 bits per heavy atom. The number of sulfone groups is 1. The molecule has 1 heterocycles. The van der Waals surface area contributed by atoms with Crippen LogP contribution in [0.5, 0.6) is 0 Å². The summed E-state index contributed by atoms with van der Waals surface area (Å²) in [5.74, 6) is -0.131. The van der Waals surface area contributed by atoms with E-state index in [0.717, 1.165) is 17.6 Å². The fourth-order valence-corrected chi connectivity index (χ4v) is 3.16. The lowest BCUT2D eigenvalue weighted by Gasteiger charge is -2.08. The van der Waals surface area contributed by atoms with E-state index >= 15 is 0 Å². The van der Waals surface area contributed by atoms with Gasteiger partial charge in [-0.25, -0.2) is 8.42 Å². The topological polar surface area (TPSA) is 77.2 Å². The Labute approximate surface area is 112 Å². The molecule has 0 aromatic carbocycles. The van der Waals surface area contributed by atoms with Crippen LogP contribution in [0, 0.1) is 0 Å². The maximum absolute atomic E-state index is 11.8. The first kappa shape index (κ1) is 15.3. The van der Waals surface area contributed by atoms with Gasteiger partial charge in [-0.1, -0.05) is 6.92 Å². The minimum Gasteiger partial charge on any atom is -0.321 e. The zero-order chi connectivity index (χ0) is 13.8. The molecule has 18 heavy (non-hydrogen) atoms. The molecule has 0 saturated heterocycles. The van der Waals surface area contributed by atoms with Crippen LogP contribution in [0.3, 0.4) is 0 Å². The molecular weight excluding hydrogens is 270 g/mol. The Morgan fingerprint density at radius 3 is 2.50 bits per heavy atom. The largest absolute Gasteiger partial charge is 0.321 e. The van der Waals surface area contributed by atoms with E-state index in [9.17, 15) is 13.2 Å². The smallest absolute Gasteiger partial charge is 0.154 e. The Kier molecular flexibility index (Phi) is 5.49. The molecule has 1 rings (SSSR count). The normalized spacial score (nSPS) is 13.5. The maximum Gasteiger partial charge on any atom is 0.154 e. The highest BCUT2D eigenvalue weighted by Crippen LogP contribution is 2.18. The highest BCUT2D eigenvalue weighted by atomic mass is 32.2. The lowest BCUT2D eigenvalue weighted by atomic mass is 10.1. The molecule has 0 spiro atoms. The van der Waals surface area contributed by atoms with E-state index in [1.807, 2.05) is 12.1 Å². The maximum atomic E-state index is 11.8. The van der Waals surface area contributed by atoms with Gasteiger partial charge in [-0.15, -0.1) is 11.3 Å². The number of rotatable bonds is 7. The van der Waals surface area contributed by atoms with Crippen molar-refractivity contribution in [2.75, 3.05) is 12.0 Å². The van der Waals surface area contributed by atoms with Crippen molar-refractivity contribution in [3.05, 3.63) is 21.9 Å². The molecule has 0 saturated carbocycles. The summed E-state index contributed by atoms with van der Waals surface area (Å²) in [7, 11) is -3.06. The second-order valence-electron chi connectivity index (χ2n) is 4.39. The van der Waals surface area contributed by atoms with Crippen LogP contribution < -0.4 is 5.73 Å². The predicted molar refractivity (Wildman–Crippen MR) is 74.7 cm³/mol. The third-order valence-corrected chi connectivity index (χ3v) is 4.83. The van der Waals surface area contributed by atoms with Crippen molar-refractivity contribution in [2.45, 2.75) is 32.2 Å². The van der Waals surface area contributed by atoms with E-state index in [0.29, 0.717) is 6.42 Å². The first-order valence-corrected chi connectivity index (χ1v) is 8.73. The Hall–Kier alpha value is -0.720. The van der Waals surface area contributed by atoms with Gasteiger partial charge in [0.1, 0.15) is 9.84 Å². The quantitative estimate of drug-likeness (QED) is 0.818. The van der Waals surface area contributed by atoms with Crippen molar-refractivity contribution in [3.63, 3.8) is 0 Å². The van der Waals surface area contributed by atoms with Gasteiger partial charge in [0.25, 0.3) is 0 Å². The summed E-state index contributed by atoms with van der Waals surface area (Å²) in [6.07, 6.45) is 2.61. The number of aryl methyl sites for hydroxylation is 1. The number of Topliss-reactive ketones (excluding diaryl/α,β-unsaturated/α-hetero) is 1. The van der Waals surface area contributed by atoms with Crippen LogP contribution in [0.25, 0.3) is 0 Å². The van der Waals surface area contributed by atoms with Crippen molar-refractivity contribution in [1.29, 1.82) is 0 Å². The lowest BCUT2D eigenvalue weighted by molar-refractivity contribution is -0.119. The van der Waals surface area contributed by atoms with Crippen LogP contribution in [-0.4, -0.2) is 32.3 Å². The highest BCUT2D eigenvalue weighted by Gasteiger charge is 2.17. The number of hydrogen-bond donors (Lipinski definition) is 1. The first-order valence-electron chi connectivity index (χ1n) is 5.85. The fraction of sp³-hybridized carbons (Fsp3) is 0.583. The summed E-state index contributed by atoms with van der Waals surface area (Å²) in [4.78, 5) is 14.0. The number of carbonyl (C=O) groups excluding carboxylic acids is 1. The van der Waals surface area contributed by atoms with E-state index in [2.05, 4.69) is 6.92 Å². The van der Waals surface area contributed by atoms with Crippen LogP contribution in [0.2, 0.25) is 0 Å². The Balaban J connectivity index is 2.49. The third kappa shape index (κ3) is 5.29. The molecule has 0 bridgehead atoms. The lowest BCUT2D eigenvalue weighted by Crippen LogP contribution is -2.33. The molecule has 1 atom stereocenters. The van der Waals surface area contributed by atoms with Crippen molar-refractivity contribution in [1.82, 2.24) is 0 Å². The summed E-state index contributed by atoms with van der Waals surface area (Å²) >= 11 is 1.61. The van der Waals surface area contributed by atoms with Gasteiger partial charge in [-0.2, -0.15) is 0 Å². The zero-order valence-electron chi connectivity index (χ0n) is 10.7. The molecule has 6 heteroatoms. The molecule has 102 valence electrons. The summed E-state index contributed by atoms with van der Waals surface area (Å²) in [6, 6.07) is 3.26. The van der Waals surface area contributed by atoms with Gasteiger partial charge in [0.2, 0.25) is 0 Å². The molecule has 0 aliphatic carbocycles. The second-order valence-corrected chi connectivity index (χ2v) is 7.90. The average Bonchev–Trinajstić information content (AvgIpc) is 2.72. The molecule has 0 radical (unpaired) electrons. The standard InChI is InChI=1S/C12H19NO3S2/c1-3-9-4-5-10(17-9)8-12(14)11(13)6-7-18(2,15)16/h4-5,11H,3,6-8,13H2,1-2H3. The highest BCUT2D eigenvalue weighted by molar-refractivity contribution is 7.90. The van der Waals surface area contributed by atoms with Gasteiger partial charge < -0.3 is 5.73 Å². The first-order chi connectivity index (χ1) is 8.31. The van der Waals surface area contributed by atoms with Crippen molar-refractivity contribution >= 4 is 27.0 Å². The molecule has 0 aliphatic rings. The van der Waals surface area contributed by atoms with Gasteiger partial charge in [0, 0.05) is 22.4 Å². The van der Waals surface area contributed by atoms with E-state index in [1.165, 1.54) is 4.88 Å². The van der Waals surface area contributed by atoms with E-state index in [4.69, 9.17) is 5.73 Å². The van der Waals surface area contributed by atoms with Crippen LogP contribution >= 0.6 is 11.3 Å². The SMILES string of the molecule is CCc1ccc(CC(=O)C(N)CCS(C)(=O)=O)s1. The van der Waals surface area contributed by atoms with Crippen molar-refractivity contribution < 1.29 is 13.2 Å². The molecule has 2 N–H and O–H groups in total. The molecule has 0 aliphatic heterocycles. The number of thiophene rings is 1.